The van der Waals surface area contributed by atoms with Crippen molar-refractivity contribution in [3.8, 4) is 0 Å². The van der Waals surface area contributed by atoms with Crippen LogP contribution in [0.2, 0.25) is 0 Å². The van der Waals surface area contributed by atoms with Crippen molar-refractivity contribution in [2.45, 2.75) is 45.6 Å². The zero-order valence-electron chi connectivity index (χ0n) is 8.42. The van der Waals surface area contributed by atoms with Crippen molar-refractivity contribution in [1.82, 2.24) is 4.90 Å². The van der Waals surface area contributed by atoms with E-state index < -0.39 is 0 Å². The van der Waals surface area contributed by atoms with Crippen LogP contribution in [0.5, 0.6) is 0 Å². The first-order valence-electron chi connectivity index (χ1n) is 5.11. The fourth-order valence-corrected chi connectivity index (χ4v) is 2.34. The standard InChI is InChI=1S/C10H18ClNO/c1-3-12(10(11)13)9-6-4-8(2)5-7-9/h8-9H,3-7H2,1-2H3. The molecule has 1 fully saturated rings. The third kappa shape index (κ3) is 2.87. The average molecular weight is 204 g/mol. The van der Waals surface area contributed by atoms with Crippen LogP contribution in [0.1, 0.15) is 39.5 Å². The Morgan fingerprint density at radius 3 is 2.31 bits per heavy atom. The summed E-state index contributed by atoms with van der Waals surface area (Å²) in [5.74, 6) is 0.820. The molecule has 0 aromatic rings. The van der Waals surface area contributed by atoms with E-state index in [4.69, 9.17) is 11.6 Å². The fraction of sp³-hybridized carbons (Fsp3) is 0.900. The predicted molar refractivity (Wildman–Crippen MR) is 55.0 cm³/mol. The summed E-state index contributed by atoms with van der Waals surface area (Å²) in [6.07, 6.45) is 4.69. The van der Waals surface area contributed by atoms with E-state index in [9.17, 15) is 4.79 Å². The van der Waals surface area contributed by atoms with Gasteiger partial charge in [-0.2, -0.15) is 0 Å². The number of hydrogen-bond acceptors (Lipinski definition) is 1. The van der Waals surface area contributed by atoms with Crippen LogP contribution in [0.3, 0.4) is 0 Å². The molecule has 0 N–H and O–H groups in total. The summed E-state index contributed by atoms with van der Waals surface area (Å²) >= 11 is 5.50. The molecule has 76 valence electrons. The molecule has 13 heavy (non-hydrogen) atoms. The highest BCUT2D eigenvalue weighted by Gasteiger charge is 2.25. The topological polar surface area (TPSA) is 20.3 Å². The Morgan fingerprint density at radius 2 is 1.92 bits per heavy atom. The van der Waals surface area contributed by atoms with Gasteiger partial charge in [0.2, 0.25) is 0 Å². The molecule has 1 amide bonds. The molecule has 0 saturated heterocycles. The molecule has 1 rings (SSSR count). The second kappa shape index (κ2) is 4.85. The molecule has 1 saturated carbocycles. The lowest BCUT2D eigenvalue weighted by atomic mass is 9.87. The molecule has 0 aliphatic heterocycles. The lowest BCUT2D eigenvalue weighted by Crippen LogP contribution is -2.39. The molecule has 1 aliphatic carbocycles. The maximum atomic E-state index is 11.0. The molecule has 0 heterocycles. The van der Waals surface area contributed by atoms with Crippen LogP contribution in [0.15, 0.2) is 0 Å². The number of hydrogen-bond donors (Lipinski definition) is 0. The highest BCUT2D eigenvalue weighted by atomic mass is 35.5. The van der Waals surface area contributed by atoms with Crippen LogP contribution in [0.4, 0.5) is 4.79 Å². The molecular weight excluding hydrogens is 186 g/mol. The van der Waals surface area contributed by atoms with Crippen molar-refractivity contribution in [3.05, 3.63) is 0 Å². The molecule has 0 spiro atoms. The van der Waals surface area contributed by atoms with Gasteiger partial charge in [0.25, 0.3) is 0 Å². The first-order valence-corrected chi connectivity index (χ1v) is 5.49. The summed E-state index contributed by atoms with van der Waals surface area (Å²) in [5.41, 5.74) is 0. The van der Waals surface area contributed by atoms with Gasteiger partial charge in [0, 0.05) is 12.6 Å². The Kier molecular flexibility index (Phi) is 4.04. The minimum absolute atomic E-state index is 0.290. The summed E-state index contributed by atoms with van der Waals surface area (Å²) in [6, 6.07) is 0.395. The van der Waals surface area contributed by atoms with Gasteiger partial charge in [-0.1, -0.05) is 6.92 Å². The lowest BCUT2D eigenvalue weighted by Gasteiger charge is -2.34. The van der Waals surface area contributed by atoms with Crippen molar-refractivity contribution in [3.63, 3.8) is 0 Å². The number of nitrogens with zero attached hydrogens (tertiary/aromatic N) is 1. The van der Waals surface area contributed by atoms with Gasteiger partial charge in [0.1, 0.15) is 0 Å². The normalized spacial score (nSPS) is 28.5. The van der Waals surface area contributed by atoms with E-state index in [1.165, 1.54) is 12.8 Å². The van der Waals surface area contributed by atoms with Crippen LogP contribution >= 0.6 is 11.6 Å². The zero-order valence-corrected chi connectivity index (χ0v) is 9.18. The molecular formula is C10H18ClNO. The third-order valence-corrected chi connectivity index (χ3v) is 3.21. The number of amides is 1. The van der Waals surface area contributed by atoms with Crippen molar-refractivity contribution >= 4 is 17.0 Å². The molecule has 0 bridgehead atoms. The van der Waals surface area contributed by atoms with Gasteiger partial charge in [-0.25, -0.2) is 0 Å². The number of carbonyl (C=O) groups excluding carboxylic acids is 1. The Balaban J connectivity index is 2.46. The highest BCUT2D eigenvalue weighted by Crippen LogP contribution is 2.27. The van der Waals surface area contributed by atoms with Gasteiger partial charge in [-0.3, -0.25) is 4.79 Å². The quantitative estimate of drug-likeness (QED) is 0.499. The molecule has 1 aliphatic rings. The number of halogens is 1. The lowest BCUT2D eigenvalue weighted by molar-refractivity contribution is 0.168. The molecule has 0 radical (unpaired) electrons. The monoisotopic (exact) mass is 203 g/mol. The van der Waals surface area contributed by atoms with E-state index in [2.05, 4.69) is 6.92 Å². The smallest absolute Gasteiger partial charge is 0.316 e. The second-order valence-electron chi connectivity index (χ2n) is 3.95. The summed E-state index contributed by atoms with van der Waals surface area (Å²) in [7, 11) is 0. The molecule has 0 unspecified atom stereocenters. The first kappa shape index (κ1) is 10.8. The van der Waals surface area contributed by atoms with E-state index in [1.54, 1.807) is 4.90 Å². The minimum Gasteiger partial charge on any atom is -0.327 e. The Hall–Kier alpha value is -0.240. The Morgan fingerprint density at radius 1 is 1.38 bits per heavy atom. The first-order chi connectivity index (χ1) is 6.15. The summed E-state index contributed by atoms with van der Waals surface area (Å²) in [6.45, 7) is 4.99. The van der Waals surface area contributed by atoms with Gasteiger partial charge in [0.05, 0.1) is 0 Å². The molecule has 0 aromatic carbocycles. The molecule has 2 nitrogen and oxygen atoms in total. The SMILES string of the molecule is CCN(C(=O)Cl)C1CCC(C)CC1. The van der Waals surface area contributed by atoms with Crippen LogP contribution in [-0.2, 0) is 0 Å². The maximum Gasteiger partial charge on any atom is 0.316 e. The van der Waals surface area contributed by atoms with E-state index in [0.717, 1.165) is 25.3 Å². The van der Waals surface area contributed by atoms with E-state index in [0.29, 0.717) is 6.04 Å². The van der Waals surface area contributed by atoms with Gasteiger partial charge < -0.3 is 4.90 Å². The van der Waals surface area contributed by atoms with E-state index >= 15 is 0 Å². The van der Waals surface area contributed by atoms with Crippen LogP contribution < -0.4 is 0 Å². The second-order valence-corrected chi connectivity index (χ2v) is 4.28. The van der Waals surface area contributed by atoms with Crippen LogP contribution in [0, 0.1) is 5.92 Å². The summed E-state index contributed by atoms with van der Waals surface area (Å²) < 4.78 is 0. The zero-order chi connectivity index (χ0) is 9.84. The number of carbonyl (C=O) groups is 1. The highest BCUT2D eigenvalue weighted by molar-refractivity contribution is 6.62. The van der Waals surface area contributed by atoms with Crippen molar-refractivity contribution < 1.29 is 4.79 Å². The van der Waals surface area contributed by atoms with Gasteiger partial charge in [0.15, 0.2) is 0 Å². The van der Waals surface area contributed by atoms with Gasteiger partial charge >= 0.3 is 5.37 Å². The molecule has 3 heteroatoms. The Bertz CT molecular complexity index is 176. The largest absolute Gasteiger partial charge is 0.327 e. The third-order valence-electron chi connectivity index (χ3n) is 2.99. The molecule has 0 aromatic heterocycles. The summed E-state index contributed by atoms with van der Waals surface area (Å²) in [4.78, 5) is 12.8. The van der Waals surface area contributed by atoms with Crippen LogP contribution in [0.25, 0.3) is 0 Å². The number of rotatable bonds is 2. The van der Waals surface area contributed by atoms with Gasteiger partial charge in [-0.05, 0) is 50.1 Å². The predicted octanol–water partition coefficient (Wildman–Crippen LogP) is 3.25. The fourth-order valence-electron chi connectivity index (χ4n) is 2.08. The summed E-state index contributed by atoms with van der Waals surface area (Å²) in [5, 5.41) is -0.290. The molecule has 0 atom stereocenters. The van der Waals surface area contributed by atoms with Crippen molar-refractivity contribution in [1.29, 1.82) is 0 Å². The van der Waals surface area contributed by atoms with E-state index in [-0.39, 0.29) is 5.37 Å². The van der Waals surface area contributed by atoms with E-state index in [1.807, 2.05) is 6.92 Å². The van der Waals surface area contributed by atoms with Gasteiger partial charge in [-0.15, -0.1) is 0 Å². The van der Waals surface area contributed by atoms with Crippen molar-refractivity contribution in [2.24, 2.45) is 5.92 Å². The van der Waals surface area contributed by atoms with Crippen LogP contribution in [-0.4, -0.2) is 22.9 Å². The maximum absolute atomic E-state index is 11.0. The minimum atomic E-state index is -0.290. The van der Waals surface area contributed by atoms with Crippen molar-refractivity contribution in [2.75, 3.05) is 6.54 Å². The Labute approximate surface area is 85.2 Å². The average Bonchev–Trinajstić information content (AvgIpc) is 2.09.